The predicted octanol–water partition coefficient (Wildman–Crippen LogP) is 6.10. The van der Waals surface area contributed by atoms with Gasteiger partial charge in [0.25, 0.3) is 0 Å². The molecule has 1 heterocycles. The molecule has 25 heavy (non-hydrogen) atoms. The molecule has 0 aromatic carbocycles. The van der Waals surface area contributed by atoms with Crippen molar-refractivity contribution < 1.29 is 14.2 Å². The van der Waals surface area contributed by atoms with Crippen LogP contribution in [0.25, 0.3) is 0 Å². The summed E-state index contributed by atoms with van der Waals surface area (Å²) in [6.07, 6.45) is 10.7. The van der Waals surface area contributed by atoms with Gasteiger partial charge in [-0.2, -0.15) is 0 Å². The van der Waals surface area contributed by atoms with Crippen molar-refractivity contribution in [1.29, 1.82) is 0 Å². The van der Waals surface area contributed by atoms with Gasteiger partial charge in [-0.15, -0.1) is 0 Å². The Morgan fingerprint density at radius 2 is 1.56 bits per heavy atom. The van der Waals surface area contributed by atoms with Crippen LogP contribution in [0.4, 0.5) is 0 Å². The summed E-state index contributed by atoms with van der Waals surface area (Å²) in [5.74, 6) is -0.448. The van der Waals surface area contributed by atoms with Crippen LogP contribution in [0.2, 0.25) is 13.3 Å². The summed E-state index contributed by atoms with van der Waals surface area (Å²) < 4.78 is 24.5. The Balaban J connectivity index is 2.48. The summed E-state index contributed by atoms with van der Waals surface area (Å²) in [4.78, 5) is 0. The molecule has 1 atom stereocenters. The van der Waals surface area contributed by atoms with Crippen molar-refractivity contribution in [3.05, 3.63) is 10.2 Å². The van der Waals surface area contributed by atoms with E-state index in [0.29, 0.717) is 13.2 Å². The van der Waals surface area contributed by atoms with E-state index in [0.717, 1.165) is 6.61 Å². The van der Waals surface area contributed by atoms with Gasteiger partial charge in [-0.25, -0.2) is 0 Å². The van der Waals surface area contributed by atoms with Crippen LogP contribution in [-0.4, -0.2) is 50.1 Å². The van der Waals surface area contributed by atoms with Crippen molar-refractivity contribution in [3.63, 3.8) is 0 Å². The molecule has 0 aliphatic carbocycles. The molecule has 0 radical (unpaired) electrons. The van der Waals surface area contributed by atoms with Crippen LogP contribution < -0.4 is 0 Å². The third-order valence-corrected chi connectivity index (χ3v) is 19.4. The molecule has 0 N–H and O–H groups in total. The van der Waals surface area contributed by atoms with Gasteiger partial charge >= 0.3 is 161 Å². The van der Waals surface area contributed by atoms with Gasteiger partial charge in [-0.3, -0.25) is 0 Å². The molecule has 1 fully saturated rings. The van der Waals surface area contributed by atoms with Gasteiger partial charge in [-0.1, -0.05) is 0 Å². The molecular weight excluding hydrogens is 419 g/mol. The quantitative estimate of drug-likeness (QED) is 0.231. The molecule has 3 nitrogen and oxygen atoms in total. The van der Waals surface area contributed by atoms with E-state index in [-0.39, 0.29) is 6.10 Å². The second-order valence-electron chi connectivity index (χ2n) is 8.06. The van der Waals surface area contributed by atoms with E-state index in [2.05, 4.69) is 30.9 Å². The van der Waals surface area contributed by atoms with Gasteiger partial charge in [0.15, 0.2) is 0 Å². The second-order valence-corrected chi connectivity index (χ2v) is 21.1. The number of hydrogen-bond donors (Lipinski definition) is 0. The summed E-state index contributed by atoms with van der Waals surface area (Å²) >= 11 is -2.13. The first-order valence-corrected chi connectivity index (χ1v) is 18.2. The maximum absolute atomic E-state index is 5.86. The fourth-order valence-electron chi connectivity index (χ4n) is 3.62. The molecule has 0 amide bonds. The summed E-state index contributed by atoms with van der Waals surface area (Å²) in [6, 6.07) is 0. The first kappa shape index (κ1) is 23.5. The first-order chi connectivity index (χ1) is 12.0. The normalized spacial score (nSPS) is 20.6. The molecule has 1 saturated heterocycles. The topological polar surface area (TPSA) is 27.7 Å². The van der Waals surface area contributed by atoms with E-state index in [9.17, 15) is 0 Å². The number of unbranched alkanes of at least 4 members (excludes halogenated alkanes) is 3. The van der Waals surface area contributed by atoms with Crippen LogP contribution in [-0.2, 0) is 14.2 Å². The van der Waals surface area contributed by atoms with E-state index in [1.807, 2.05) is 13.8 Å². The van der Waals surface area contributed by atoms with E-state index < -0.39 is 24.2 Å². The molecule has 0 spiro atoms. The molecule has 1 aliphatic heterocycles. The van der Waals surface area contributed by atoms with E-state index in [4.69, 9.17) is 14.2 Å². The van der Waals surface area contributed by atoms with Crippen molar-refractivity contribution in [1.82, 2.24) is 0 Å². The van der Waals surface area contributed by atoms with E-state index in [1.54, 1.807) is 0 Å². The molecule has 0 bridgehead atoms. The van der Waals surface area contributed by atoms with E-state index >= 15 is 0 Å². The average molecular weight is 461 g/mol. The van der Waals surface area contributed by atoms with Gasteiger partial charge in [0.1, 0.15) is 0 Å². The second kappa shape index (κ2) is 12.7. The minimum absolute atomic E-state index is 0.0805. The summed E-state index contributed by atoms with van der Waals surface area (Å²) in [5, 5.41) is 0. The van der Waals surface area contributed by atoms with Crippen LogP contribution in [0.1, 0.15) is 73.1 Å². The number of rotatable bonds is 14. The molecule has 0 aromatic rings. The minimum atomic E-state index is -2.13. The molecule has 148 valence electrons. The van der Waals surface area contributed by atoms with Crippen LogP contribution in [0.5, 0.6) is 0 Å². The van der Waals surface area contributed by atoms with Crippen molar-refractivity contribution >= 4 is 18.4 Å². The van der Waals surface area contributed by atoms with E-state index in [1.165, 1.54) is 51.8 Å². The van der Waals surface area contributed by atoms with Crippen LogP contribution in [0, 0.1) is 0 Å². The fourth-order valence-corrected chi connectivity index (χ4v) is 17.9. The van der Waals surface area contributed by atoms with Gasteiger partial charge in [0.05, 0.1) is 0 Å². The summed E-state index contributed by atoms with van der Waals surface area (Å²) in [6.45, 7) is 12.9. The van der Waals surface area contributed by atoms with Crippen molar-refractivity contribution in [2.75, 3.05) is 19.8 Å². The molecule has 1 rings (SSSR count). The van der Waals surface area contributed by atoms with Gasteiger partial charge in [0.2, 0.25) is 0 Å². The fraction of sp³-hybridized carbons (Fsp3) is 0.905. The van der Waals surface area contributed by atoms with Crippen LogP contribution >= 0.6 is 0 Å². The SMILES string of the molecule is CCC[CH2][Sn]([CH]=CCOCC1COC(C)(C)O1)([CH2]CCC)[CH2]CCC. The zero-order chi connectivity index (χ0) is 18.6. The Hall–Kier alpha value is 0.419. The molecule has 0 aromatic heterocycles. The van der Waals surface area contributed by atoms with Crippen molar-refractivity contribution in [2.24, 2.45) is 0 Å². The Labute approximate surface area is 160 Å². The Morgan fingerprint density at radius 3 is 2.00 bits per heavy atom. The van der Waals surface area contributed by atoms with Gasteiger partial charge in [0, 0.05) is 0 Å². The third kappa shape index (κ3) is 9.78. The monoisotopic (exact) mass is 462 g/mol. The molecule has 0 saturated carbocycles. The Morgan fingerprint density at radius 1 is 1.00 bits per heavy atom. The predicted molar refractivity (Wildman–Crippen MR) is 110 cm³/mol. The molecule has 4 heteroatoms. The number of hydrogen-bond acceptors (Lipinski definition) is 3. The Kier molecular flexibility index (Phi) is 12.0. The van der Waals surface area contributed by atoms with Gasteiger partial charge in [-0.05, 0) is 0 Å². The summed E-state index contributed by atoms with van der Waals surface area (Å²) in [5.41, 5.74) is 0. The van der Waals surface area contributed by atoms with Crippen molar-refractivity contribution in [2.45, 2.75) is 98.3 Å². The number of ether oxygens (including phenoxy) is 3. The average Bonchev–Trinajstić information content (AvgIpc) is 2.94. The zero-order valence-corrected chi connectivity index (χ0v) is 20.3. The molecular formula is C21H42O3Sn. The molecule has 1 unspecified atom stereocenters. The van der Waals surface area contributed by atoms with Crippen LogP contribution in [0.3, 0.4) is 0 Å². The first-order valence-electron chi connectivity index (χ1n) is 10.5. The van der Waals surface area contributed by atoms with Gasteiger partial charge < -0.3 is 0 Å². The maximum atomic E-state index is 5.86. The zero-order valence-electron chi connectivity index (χ0n) is 17.4. The summed E-state index contributed by atoms with van der Waals surface area (Å²) in [7, 11) is 0. The molecule has 1 aliphatic rings. The third-order valence-electron chi connectivity index (χ3n) is 5.14. The van der Waals surface area contributed by atoms with Crippen molar-refractivity contribution in [3.8, 4) is 0 Å². The van der Waals surface area contributed by atoms with Crippen LogP contribution in [0.15, 0.2) is 10.2 Å². The Bertz CT molecular complexity index is 346. The standard InChI is InChI=1S/C9H15O3.3C4H9.Sn/c1-4-5-10-6-8-7-11-9(2,3)12-8;3*1-3-4-2;/h1,4,8H,5-7H2,2-3H3;3*1,3-4H2,2H3;.